The van der Waals surface area contributed by atoms with E-state index in [0.717, 1.165) is 16.0 Å². The molecule has 0 aliphatic rings. The number of nitrogens with zero attached hydrogens (tertiary/aromatic N) is 2. The Morgan fingerprint density at radius 3 is 2.75 bits per heavy atom. The van der Waals surface area contributed by atoms with Crippen molar-refractivity contribution in [3.05, 3.63) is 36.0 Å². The van der Waals surface area contributed by atoms with Crippen LogP contribution in [0.4, 0.5) is 5.13 Å². The molecule has 80 valence electrons. The molecule has 2 aromatic rings. The van der Waals surface area contributed by atoms with Gasteiger partial charge in [0.1, 0.15) is 0 Å². The van der Waals surface area contributed by atoms with Gasteiger partial charge in [0.15, 0.2) is 0 Å². The Morgan fingerprint density at radius 1 is 1.38 bits per heavy atom. The lowest BCUT2D eigenvalue weighted by atomic mass is 10.1. The third kappa shape index (κ3) is 2.23. The van der Waals surface area contributed by atoms with Crippen LogP contribution in [0, 0.1) is 0 Å². The Labute approximate surface area is 96.5 Å². The monoisotopic (exact) mass is 231 g/mol. The molecule has 0 unspecified atom stereocenters. The van der Waals surface area contributed by atoms with Gasteiger partial charge in [-0.2, -0.15) is 0 Å². The second-order valence-corrected chi connectivity index (χ2v) is 4.12. The van der Waals surface area contributed by atoms with Crippen LogP contribution in [0.25, 0.3) is 10.4 Å². The quantitative estimate of drug-likeness (QED) is 0.650. The molecule has 0 atom stereocenters. The minimum absolute atomic E-state index is 0.424. The summed E-state index contributed by atoms with van der Waals surface area (Å²) < 4.78 is 0. The van der Waals surface area contributed by atoms with E-state index in [2.05, 4.69) is 9.98 Å². The lowest BCUT2D eigenvalue weighted by Crippen LogP contribution is -1.94. The summed E-state index contributed by atoms with van der Waals surface area (Å²) in [6.45, 7) is 0.531. The highest BCUT2D eigenvalue weighted by Gasteiger charge is 2.03. The van der Waals surface area contributed by atoms with Crippen LogP contribution in [-0.4, -0.2) is 11.1 Å². The predicted octanol–water partition coefficient (Wildman–Crippen LogP) is 2.24. The van der Waals surface area contributed by atoms with Crippen LogP contribution in [0.1, 0.15) is 5.56 Å². The molecule has 0 saturated carbocycles. The van der Waals surface area contributed by atoms with Crippen molar-refractivity contribution in [1.82, 2.24) is 4.98 Å². The van der Waals surface area contributed by atoms with Gasteiger partial charge in [-0.25, -0.2) is 9.78 Å². The predicted molar refractivity (Wildman–Crippen MR) is 63.2 cm³/mol. The highest BCUT2D eigenvalue weighted by atomic mass is 32.1. The van der Waals surface area contributed by atoms with Gasteiger partial charge in [-0.15, -0.1) is 4.99 Å². The van der Waals surface area contributed by atoms with E-state index in [1.165, 1.54) is 17.4 Å². The van der Waals surface area contributed by atoms with Crippen molar-refractivity contribution in [3.8, 4) is 10.4 Å². The number of hydrogen-bond acceptors (Lipinski definition) is 5. The summed E-state index contributed by atoms with van der Waals surface area (Å²) in [5.74, 6) is 0. The summed E-state index contributed by atoms with van der Waals surface area (Å²) in [6.07, 6.45) is 3.17. The number of benzene rings is 1. The zero-order valence-corrected chi connectivity index (χ0v) is 9.20. The number of carbonyl (C=O) groups excluding carboxylic acids is 1. The molecule has 0 aliphatic carbocycles. The highest BCUT2D eigenvalue weighted by Crippen LogP contribution is 2.30. The molecule has 5 heteroatoms. The number of aliphatic imine (C=N–C) groups is 1. The maximum absolute atomic E-state index is 10.1. The first-order valence-corrected chi connectivity index (χ1v) is 5.48. The van der Waals surface area contributed by atoms with E-state index in [1.54, 1.807) is 6.20 Å². The third-order valence-electron chi connectivity index (χ3n) is 2.11. The first-order chi connectivity index (χ1) is 7.83. The van der Waals surface area contributed by atoms with Crippen LogP contribution in [0.15, 0.2) is 35.5 Å². The fourth-order valence-electron chi connectivity index (χ4n) is 1.29. The summed E-state index contributed by atoms with van der Waals surface area (Å²) in [5, 5.41) is 0.424. The van der Waals surface area contributed by atoms with E-state index in [-0.39, 0.29) is 0 Å². The molecule has 0 radical (unpaired) electrons. The molecule has 0 spiro atoms. The van der Waals surface area contributed by atoms with Crippen molar-refractivity contribution in [2.45, 2.75) is 6.54 Å². The van der Waals surface area contributed by atoms with Crippen molar-refractivity contribution in [3.63, 3.8) is 0 Å². The number of thiazole rings is 1. The van der Waals surface area contributed by atoms with Gasteiger partial charge in [-0.1, -0.05) is 35.6 Å². The normalized spacial score (nSPS) is 9.81. The van der Waals surface area contributed by atoms with Gasteiger partial charge in [0, 0.05) is 12.7 Å². The average Bonchev–Trinajstić information content (AvgIpc) is 2.78. The second-order valence-electron chi connectivity index (χ2n) is 3.11. The minimum Gasteiger partial charge on any atom is -0.326 e. The number of nitrogens with two attached hydrogens (primary N) is 1. The fraction of sp³-hybridized carbons (Fsp3) is 0.0909. The highest BCUT2D eigenvalue weighted by molar-refractivity contribution is 7.18. The molecule has 1 aromatic heterocycles. The van der Waals surface area contributed by atoms with Crippen LogP contribution in [0.5, 0.6) is 0 Å². The maximum atomic E-state index is 10.1. The molecule has 1 aromatic carbocycles. The van der Waals surface area contributed by atoms with E-state index in [4.69, 9.17) is 5.73 Å². The van der Waals surface area contributed by atoms with Gasteiger partial charge in [-0.3, -0.25) is 0 Å². The average molecular weight is 231 g/mol. The van der Waals surface area contributed by atoms with E-state index < -0.39 is 0 Å². The van der Waals surface area contributed by atoms with Crippen molar-refractivity contribution in [2.75, 3.05) is 0 Å². The van der Waals surface area contributed by atoms with Crippen LogP contribution in [0.2, 0.25) is 0 Å². The summed E-state index contributed by atoms with van der Waals surface area (Å²) in [4.78, 5) is 18.5. The van der Waals surface area contributed by atoms with Crippen molar-refractivity contribution in [2.24, 2.45) is 10.7 Å². The van der Waals surface area contributed by atoms with Gasteiger partial charge in [0.25, 0.3) is 0 Å². The molecule has 0 fully saturated rings. The van der Waals surface area contributed by atoms with Gasteiger partial charge in [0.05, 0.1) is 4.88 Å². The third-order valence-corrected chi connectivity index (χ3v) is 3.05. The van der Waals surface area contributed by atoms with Crippen molar-refractivity contribution < 1.29 is 4.79 Å². The van der Waals surface area contributed by atoms with Gasteiger partial charge < -0.3 is 5.73 Å². The Morgan fingerprint density at radius 2 is 2.12 bits per heavy atom. The summed E-state index contributed by atoms with van der Waals surface area (Å²) in [5.41, 5.74) is 7.64. The van der Waals surface area contributed by atoms with E-state index in [1.807, 2.05) is 24.3 Å². The van der Waals surface area contributed by atoms with Gasteiger partial charge in [0.2, 0.25) is 11.2 Å². The topological polar surface area (TPSA) is 68.3 Å². The zero-order chi connectivity index (χ0) is 11.4. The van der Waals surface area contributed by atoms with E-state index >= 15 is 0 Å². The van der Waals surface area contributed by atoms with Crippen molar-refractivity contribution >= 4 is 22.5 Å². The Kier molecular flexibility index (Phi) is 3.22. The molecule has 0 aliphatic heterocycles. The lowest BCUT2D eigenvalue weighted by molar-refractivity contribution is 0.565. The number of aromatic nitrogens is 1. The molecule has 4 nitrogen and oxygen atoms in total. The Hall–Kier alpha value is -1.81. The molecule has 16 heavy (non-hydrogen) atoms. The first-order valence-electron chi connectivity index (χ1n) is 4.66. The SMILES string of the molecule is NCc1ccc(-c2cnc(N=C=O)s2)cc1. The Balaban J connectivity index is 2.31. The fourth-order valence-corrected chi connectivity index (χ4v) is 2.04. The van der Waals surface area contributed by atoms with E-state index in [9.17, 15) is 4.79 Å². The molecule has 0 saturated heterocycles. The second kappa shape index (κ2) is 4.81. The van der Waals surface area contributed by atoms with Crippen LogP contribution in [-0.2, 0) is 11.3 Å². The Bertz CT molecular complexity index is 526. The maximum Gasteiger partial charge on any atom is 0.242 e. The van der Waals surface area contributed by atoms with Crippen LogP contribution < -0.4 is 5.73 Å². The number of isocyanates is 1. The van der Waals surface area contributed by atoms with Crippen LogP contribution >= 0.6 is 11.3 Å². The standard InChI is InChI=1S/C11H9N3OS/c12-5-8-1-3-9(4-2-8)10-6-13-11(16-10)14-7-15/h1-4,6H,5,12H2. The van der Waals surface area contributed by atoms with Gasteiger partial charge >= 0.3 is 0 Å². The number of rotatable bonds is 3. The molecule has 0 amide bonds. The van der Waals surface area contributed by atoms with Crippen LogP contribution in [0.3, 0.4) is 0 Å². The minimum atomic E-state index is 0.424. The van der Waals surface area contributed by atoms with E-state index in [0.29, 0.717) is 11.7 Å². The molecule has 2 rings (SSSR count). The molecule has 0 bridgehead atoms. The zero-order valence-electron chi connectivity index (χ0n) is 8.38. The lowest BCUT2D eigenvalue weighted by Gasteiger charge is -1.98. The summed E-state index contributed by atoms with van der Waals surface area (Å²) in [6, 6.07) is 7.89. The largest absolute Gasteiger partial charge is 0.326 e. The summed E-state index contributed by atoms with van der Waals surface area (Å²) in [7, 11) is 0. The molecular weight excluding hydrogens is 222 g/mol. The molecular formula is C11H9N3OS. The van der Waals surface area contributed by atoms with Crippen molar-refractivity contribution in [1.29, 1.82) is 0 Å². The molecule has 2 N–H and O–H groups in total. The summed E-state index contributed by atoms with van der Waals surface area (Å²) >= 11 is 1.35. The molecule has 1 heterocycles. The number of hydrogen-bond donors (Lipinski definition) is 1. The first kappa shape index (κ1) is 10.7. The van der Waals surface area contributed by atoms with Gasteiger partial charge in [-0.05, 0) is 11.1 Å². The smallest absolute Gasteiger partial charge is 0.242 e.